The lowest BCUT2D eigenvalue weighted by atomic mass is 9.85. The van der Waals surface area contributed by atoms with Crippen molar-refractivity contribution in [2.75, 3.05) is 0 Å². The molecule has 0 saturated heterocycles. The van der Waals surface area contributed by atoms with Gasteiger partial charge in [-0.3, -0.25) is 0 Å². The van der Waals surface area contributed by atoms with E-state index < -0.39 is 5.54 Å². The first-order valence-electron chi connectivity index (χ1n) is 5.04. The SMILES string of the molecule is CCC1C=CC23N=CN=C2C(Cl)=NC3=C1. The van der Waals surface area contributed by atoms with Crippen molar-refractivity contribution in [1.82, 2.24) is 0 Å². The molecule has 0 aromatic carbocycles. The molecule has 1 spiro atoms. The third kappa shape index (κ3) is 1.04. The second-order valence-corrected chi connectivity index (χ2v) is 4.23. The van der Waals surface area contributed by atoms with E-state index in [0.717, 1.165) is 17.8 Å². The molecule has 2 heterocycles. The van der Waals surface area contributed by atoms with E-state index in [4.69, 9.17) is 11.6 Å². The Labute approximate surface area is 93.0 Å². The summed E-state index contributed by atoms with van der Waals surface area (Å²) in [6.07, 6.45) is 8.99. The van der Waals surface area contributed by atoms with Gasteiger partial charge in [0.15, 0.2) is 10.7 Å². The van der Waals surface area contributed by atoms with Crippen LogP contribution in [-0.2, 0) is 0 Å². The molecule has 3 rings (SSSR count). The third-order valence-electron chi connectivity index (χ3n) is 3.04. The Kier molecular flexibility index (Phi) is 1.74. The molecule has 0 aromatic heterocycles. The highest BCUT2D eigenvalue weighted by Gasteiger charge is 2.47. The topological polar surface area (TPSA) is 37.1 Å². The molecule has 2 atom stereocenters. The van der Waals surface area contributed by atoms with Gasteiger partial charge in [-0.1, -0.05) is 30.7 Å². The first-order chi connectivity index (χ1) is 7.26. The zero-order chi connectivity index (χ0) is 10.5. The van der Waals surface area contributed by atoms with Gasteiger partial charge in [0.2, 0.25) is 0 Å². The number of hydrogen-bond acceptors (Lipinski definition) is 3. The van der Waals surface area contributed by atoms with Gasteiger partial charge in [-0.15, -0.1) is 0 Å². The van der Waals surface area contributed by atoms with E-state index in [1.54, 1.807) is 6.34 Å². The van der Waals surface area contributed by atoms with Crippen LogP contribution in [0.4, 0.5) is 0 Å². The van der Waals surface area contributed by atoms with Crippen molar-refractivity contribution < 1.29 is 0 Å². The van der Waals surface area contributed by atoms with E-state index in [1.165, 1.54) is 0 Å². The maximum Gasteiger partial charge on any atom is 0.167 e. The first-order valence-corrected chi connectivity index (χ1v) is 5.42. The van der Waals surface area contributed by atoms with Crippen molar-refractivity contribution in [3.8, 4) is 0 Å². The summed E-state index contributed by atoms with van der Waals surface area (Å²) in [6, 6.07) is 0. The Bertz CT molecular complexity index is 470. The fourth-order valence-electron chi connectivity index (χ4n) is 2.13. The number of allylic oxidation sites excluding steroid dienone is 2. The molecule has 2 unspecified atom stereocenters. The molecule has 0 bridgehead atoms. The lowest BCUT2D eigenvalue weighted by Gasteiger charge is -2.23. The predicted molar refractivity (Wildman–Crippen MR) is 63.0 cm³/mol. The van der Waals surface area contributed by atoms with Gasteiger partial charge in [0, 0.05) is 0 Å². The molecular weight excluding hydrogens is 210 g/mol. The van der Waals surface area contributed by atoms with Crippen molar-refractivity contribution in [1.29, 1.82) is 0 Å². The number of hydrogen-bond donors (Lipinski definition) is 0. The minimum atomic E-state index is -0.483. The Morgan fingerprint density at radius 2 is 2.40 bits per heavy atom. The van der Waals surface area contributed by atoms with Crippen LogP contribution < -0.4 is 0 Å². The maximum absolute atomic E-state index is 6.04. The lowest BCUT2D eigenvalue weighted by Crippen LogP contribution is -2.33. The fourth-order valence-corrected chi connectivity index (χ4v) is 2.41. The molecule has 0 radical (unpaired) electrons. The minimum Gasteiger partial charge on any atom is -0.250 e. The van der Waals surface area contributed by atoms with Gasteiger partial charge in [-0.2, -0.15) is 0 Å². The van der Waals surface area contributed by atoms with Gasteiger partial charge in [0.25, 0.3) is 0 Å². The van der Waals surface area contributed by atoms with E-state index in [9.17, 15) is 0 Å². The van der Waals surface area contributed by atoms with E-state index >= 15 is 0 Å². The first kappa shape index (κ1) is 9.04. The molecule has 0 amide bonds. The number of rotatable bonds is 1. The highest BCUT2D eigenvalue weighted by Crippen LogP contribution is 2.40. The Morgan fingerprint density at radius 1 is 1.53 bits per heavy atom. The van der Waals surface area contributed by atoms with Gasteiger partial charge in [-0.25, -0.2) is 15.0 Å². The summed E-state index contributed by atoms with van der Waals surface area (Å²) in [4.78, 5) is 12.9. The number of nitrogens with zero attached hydrogens (tertiary/aromatic N) is 3. The molecule has 2 aliphatic heterocycles. The number of halogens is 1. The zero-order valence-corrected chi connectivity index (χ0v) is 9.07. The van der Waals surface area contributed by atoms with Crippen LogP contribution in [0.3, 0.4) is 0 Å². The molecule has 0 saturated carbocycles. The predicted octanol–water partition coefficient (Wildman–Crippen LogP) is 2.34. The lowest BCUT2D eigenvalue weighted by molar-refractivity contribution is 0.705. The van der Waals surface area contributed by atoms with E-state index in [-0.39, 0.29) is 0 Å². The maximum atomic E-state index is 6.04. The molecule has 0 fully saturated rings. The highest BCUT2D eigenvalue weighted by atomic mass is 35.5. The van der Waals surface area contributed by atoms with Crippen molar-refractivity contribution in [2.45, 2.75) is 18.9 Å². The van der Waals surface area contributed by atoms with Crippen LogP contribution in [0.2, 0.25) is 0 Å². The van der Waals surface area contributed by atoms with Crippen LogP contribution in [0.15, 0.2) is 38.9 Å². The number of aliphatic imine (C=N–C) groups is 3. The van der Waals surface area contributed by atoms with E-state index in [0.29, 0.717) is 11.1 Å². The normalized spacial score (nSPS) is 35.9. The Balaban J connectivity index is 2.14. The molecule has 4 heteroatoms. The van der Waals surface area contributed by atoms with Crippen LogP contribution in [0.5, 0.6) is 0 Å². The average molecular weight is 220 g/mol. The Hall–Kier alpha value is -1.22. The van der Waals surface area contributed by atoms with Crippen LogP contribution >= 0.6 is 11.6 Å². The zero-order valence-electron chi connectivity index (χ0n) is 8.31. The summed E-state index contributed by atoms with van der Waals surface area (Å²) in [7, 11) is 0. The summed E-state index contributed by atoms with van der Waals surface area (Å²) in [5.74, 6) is 0.439. The molecule has 3 nitrogen and oxygen atoms in total. The van der Waals surface area contributed by atoms with Gasteiger partial charge >= 0.3 is 0 Å². The molecule has 76 valence electrons. The van der Waals surface area contributed by atoms with Gasteiger partial charge in [0.05, 0.1) is 5.70 Å². The summed E-state index contributed by atoms with van der Waals surface area (Å²) in [5, 5.41) is 0.472. The van der Waals surface area contributed by atoms with Crippen molar-refractivity contribution in [3.05, 3.63) is 23.9 Å². The van der Waals surface area contributed by atoms with Gasteiger partial charge < -0.3 is 0 Å². The van der Waals surface area contributed by atoms with Crippen molar-refractivity contribution in [2.24, 2.45) is 20.9 Å². The van der Waals surface area contributed by atoms with Crippen LogP contribution in [0.1, 0.15) is 13.3 Å². The Morgan fingerprint density at radius 3 is 3.20 bits per heavy atom. The van der Waals surface area contributed by atoms with Crippen LogP contribution in [0, 0.1) is 5.92 Å². The quantitative estimate of drug-likeness (QED) is 0.607. The fraction of sp³-hybridized carbons (Fsp3) is 0.364. The summed E-state index contributed by atoms with van der Waals surface area (Å²) in [6.45, 7) is 2.15. The van der Waals surface area contributed by atoms with E-state index in [1.807, 2.05) is 0 Å². The summed E-state index contributed by atoms with van der Waals surface area (Å²) >= 11 is 6.04. The van der Waals surface area contributed by atoms with Crippen LogP contribution in [0.25, 0.3) is 0 Å². The van der Waals surface area contributed by atoms with Gasteiger partial charge in [-0.05, 0) is 18.4 Å². The summed E-state index contributed by atoms with van der Waals surface area (Å²) in [5.41, 5.74) is 1.21. The van der Waals surface area contributed by atoms with Crippen LogP contribution in [-0.4, -0.2) is 22.8 Å². The standard InChI is InChI=1S/C11H10ClN3/c1-2-7-3-4-11-8(5-7)15-10(12)9(11)13-6-14-11/h3-7H,2H2,1H3. The second-order valence-electron chi connectivity index (χ2n) is 3.87. The monoisotopic (exact) mass is 219 g/mol. The van der Waals surface area contributed by atoms with Crippen molar-refractivity contribution in [3.63, 3.8) is 0 Å². The molecule has 3 aliphatic rings. The molecule has 0 N–H and O–H groups in total. The molecular formula is C11H10ClN3. The largest absolute Gasteiger partial charge is 0.250 e. The smallest absolute Gasteiger partial charge is 0.167 e. The second kappa shape index (κ2) is 2.89. The average Bonchev–Trinajstić information content (AvgIpc) is 2.75. The summed E-state index contributed by atoms with van der Waals surface area (Å²) < 4.78 is 0. The molecule has 0 aromatic rings. The van der Waals surface area contributed by atoms with Gasteiger partial charge in [0.1, 0.15) is 12.1 Å². The van der Waals surface area contributed by atoms with E-state index in [2.05, 4.69) is 40.1 Å². The molecule has 1 aliphatic carbocycles. The highest BCUT2D eigenvalue weighted by molar-refractivity contribution is 6.86. The molecule has 15 heavy (non-hydrogen) atoms. The third-order valence-corrected chi connectivity index (χ3v) is 3.31. The van der Waals surface area contributed by atoms with Crippen molar-refractivity contribution >= 4 is 28.8 Å². The minimum absolute atomic E-state index is 0.439.